The Bertz CT molecular complexity index is 1770. The molecule has 0 amide bonds. The maximum Gasteiger partial charge on any atom is 0.0776 e. The topological polar surface area (TPSA) is 12.0 Å². The number of nitrogens with one attached hydrogen (secondary N) is 1. The van der Waals surface area contributed by atoms with Crippen molar-refractivity contribution in [3.8, 4) is 22.3 Å². The summed E-state index contributed by atoms with van der Waals surface area (Å²) in [5.74, 6) is 0. The lowest BCUT2D eigenvalue weighted by molar-refractivity contribution is 0.470. The third-order valence-electron chi connectivity index (χ3n) is 11.5. The first-order valence-corrected chi connectivity index (χ1v) is 27.5. The number of rotatable bonds is 12. The zero-order valence-corrected chi connectivity index (χ0v) is 39.3. The number of hydrogen-bond donors (Lipinski definition) is 1. The van der Waals surface area contributed by atoms with E-state index in [2.05, 4.69) is 200 Å². The quantitative estimate of drug-likeness (QED) is 0.142. The predicted molar refractivity (Wildman–Crippen MR) is 246 cm³/mol. The Morgan fingerprint density at radius 1 is 0.396 bits per heavy atom. The van der Waals surface area contributed by atoms with E-state index in [1.165, 1.54) is 73.4 Å². The van der Waals surface area contributed by atoms with E-state index in [4.69, 9.17) is 0 Å². The largest absolute Gasteiger partial charge is 0.355 e. The molecule has 0 saturated carbocycles. The van der Waals surface area contributed by atoms with E-state index in [9.17, 15) is 0 Å². The molecule has 0 bridgehead atoms. The first-order chi connectivity index (χ1) is 24.1. The Hall–Kier alpha value is -2.89. The van der Waals surface area contributed by atoms with Crippen LogP contribution in [-0.4, -0.2) is 16.1 Å². The molecule has 0 spiro atoms. The van der Waals surface area contributed by atoms with E-state index in [0.29, 0.717) is 0 Å². The van der Waals surface area contributed by atoms with Crippen LogP contribution in [0.2, 0.25) is 39.3 Å². The molecule has 0 radical (unpaired) electrons. The van der Waals surface area contributed by atoms with E-state index in [1.807, 2.05) is 0 Å². The molecule has 0 atom stereocenters. The fourth-order valence-electron chi connectivity index (χ4n) is 7.54. The summed E-state index contributed by atoms with van der Waals surface area (Å²) in [6.07, 6.45) is 4.66. The van der Waals surface area contributed by atoms with Crippen LogP contribution in [0.15, 0.2) is 72.8 Å². The van der Waals surface area contributed by atoms with Crippen LogP contribution in [0.3, 0.4) is 0 Å². The van der Waals surface area contributed by atoms with Crippen LogP contribution < -0.4 is 15.7 Å². The second-order valence-corrected chi connectivity index (χ2v) is 31.7. The van der Waals surface area contributed by atoms with Gasteiger partial charge in [-0.15, -0.1) is 0 Å². The second-order valence-electron chi connectivity index (χ2n) is 21.6. The van der Waals surface area contributed by atoms with Gasteiger partial charge in [0.2, 0.25) is 0 Å². The molecule has 288 valence electrons. The third kappa shape index (κ3) is 10.7. The van der Waals surface area contributed by atoms with Crippen molar-refractivity contribution in [2.45, 2.75) is 170 Å². The van der Waals surface area contributed by atoms with Crippen molar-refractivity contribution in [2.24, 2.45) is 0 Å². The van der Waals surface area contributed by atoms with Crippen molar-refractivity contribution in [3.05, 3.63) is 95.1 Å². The zero-order chi connectivity index (χ0) is 39.9. The molecule has 1 N–H and O–H groups in total. The molecular weight excluding hydrogens is 671 g/mol. The van der Waals surface area contributed by atoms with Gasteiger partial charge in [0, 0.05) is 11.4 Å². The molecule has 0 fully saturated rings. The fraction of sp³-hybridized carbons (Fsp3) is 0.520. The average molecular weight is 746 g/mol. The summed E-state index contributed by atoms with van der Waals surface area (Å²) in [6, 6.07) is 29.6. The summed E-state index contributed by atoms with van der Waals surface area (Å²) < 4.78 is 0. The first-order valence-electron chi connectivity index (χ1n) is 20.5. The van der Waals surface area contributed by atoms with Gasteiger partial charge in [-0.2, -0.15) is 0 Å². The van der Waals surface area contributed by atoms with Crippen LogP contribution in [0.4, 0.5) is 11.4 Å². The summed E-state index contributed by atoms with van der Waals surface area (Å²) >= 11 is 0. The summed E-state index contributed by atoms with van der Waals surface area (Å²) in [5, 5.41) is 7.06. The molecular formula is C50H75NSi2. The third-order valence-corrected chi connectivity index (χ3v) is 15.5. The molecule has 53 heavy (non-hydrogen) atoms. The lowest BCUT2D eigenvalue weighted by Crippen LogP contribution is -2.45. The standard InChI is InChI=1S/C50H75NSi2/c1-19-21-49(9,10)41-26-37(24-39(30-41)47(3,4)5)35-23-36(38-25-40(48(6,7)8)31-42(27-38)50(11,12)22-20-2)29-43(28-35)51-44-32-45(52(13,14)15)34-46(33-44)53(16,17)18/h23-34,51H,19-22H2,1-18H3. The number of anilines is 2. The average Bonchev–Trinajstić information content (AvgIpc) is 3.02. The van der Waals surface area contributed by atoms with Gasteiger partial charge >= 0.3 is 0 Å². The van der Waals surface area contributed by atoms with Gasteiger partial charge in [0.25, 0.3) is 0 Å². The van der Waals surface area contributed by atoms with Crippen LogP contribution in [0, 0.1) is 0 Å². The SMILES string of the molecule is CCCC(C)(C)c1cc(-c2cc(Nc3cc([Si](C)(C)C)cc([Si](C)(C)C)c3)cc(-c3cc(C(C)(C)C)cc(C(C)(C)CCC)c3)c2)cc(C(C)(C)C)c1. The summed E-state index contributed by atoms with van der Waals surface area (Å²) in [7, 11) is -3.10. The van der Waals surface area contributed by atoms with Crippen LogP contribution in [-0.2, 0) is 21.7 Å². The van der Waals surface area contributed by atoms with Gasteiger partial charge < -0.3 is 5.32 Å². The van der Waals surface area contributed by atoms with E-state index < -0.39 is 16.1 Å². The van der Waals surface area contributed by atoms with E-state index in [0.717, 1.165) is 18.5 Å². The highest BCUT2D eigenvalue weighted by Crippen LogP contribution is 2.41. The molecule has 0 aromatic heterocycles. The van der Waals surface area contributed by atoms with E-state index in [1.54, 1.807) is 0 Å². The van der Waals surface area contributed by atoms with Gasteiger partial charge in [-0.25, -0.2) is 0 Å². The highest BCUT2D eigenvalue weighted by molar-refractivity contribution is 6.91. The molecule has 0 unspecified atom stereocenters. The Morgan fingerprint density at radius 2 is 0.717 bits per heavy atom. The lowest BCUT2D eigenvalue weighted by Gasteiger charge is -2.30. The van der Waals surface area contributed by atoms with Crippen molar-refractivity contribution >= 4 is 37.9 Å². The molecule has 4 aromatic rings. The predicted octanol–water partition coefficient (Wildman–Crippen LogP) is 14.6. The van der Waals surface area contributed by atoms with E-state index >= 15 is 0 Å². The summed E-state index contributed by atoms with van der Waals surface area (Å²) in [6.45, 7) is 43.2. The molecule has 0 aliphatic heterocycles. The van der Waals surface area contributed by atoms with Gasteiger partial charge in [0.15, 0.2) is 0 Å². The number of hydrogen-bond acceptors (Lipinski definition) is 1. The van der Waals surface area contributed by atoms with Crippen molar-refractivity contribution < 1.29 is 0 Å². The van der Waals surface area contributed by atoms with Crippen LogP contribution in [0.1, 0.15) is 131 Å². The van der Waals surface area contributed by atoms with Crippen LogP contribution in [0.25, 0.3) is 22.3 Å². The molecule has 0 saturated heterocycles. The maximum atomic E-state index is 4.01. The molecule has 0 heterocycles. The summed E-state index contributed by atoms with van der Waals surface area (Å²) in [5.41, 5.74) is 13.4. The van der Waals surface area contributed by atoms with Crippen LogP contribution >= 0.6 is 0 Å². The Morgan fingerprint density at radius 3 is 1.04 bits per heavy atom. The zero-order valence-electron chi connectivity index (χ0n) is 37.3. The lowest BCUT2D eigenvalue weighted by atomic mass is 9.75. The second kappa shape index (κ2) is 15.3. The van der Waals surface area contributed by atoms with Gasteiger partial charge in [-0.3, -0.25) is 0 Å². The highest BCUT2D eigenvalue weighted by atomic mass is 28.3. The molecule has 1 nitrogen and oxygen atoms in total. The maximum absolute atomic E-state index is 4.01. The van der Waals surface area contributed by atoms with Gasteiger partial charge in [0.1, 0.15) is 0 Å². The van der Waals surface area contributed by atoms with Gasteiger partial charge in [0.05, 0.1) is 16.1 Å². The number of benzene rings is 4. The minimum Gasteiger partial charge on any atom is -0.355 e. The Kier molecular flexibility index (Phi) is 12.4. The normalized spacial score (nSPS) is 13.4. The van der Waals surface area contributed by atoms with Crippen molar-refractivity contribution in [3.63, 3.8) is 0 Å². The first kappa shape index (κ1) is 42.8. The molecule has 0 aliphatic rings. The minimum atomic E-state index is -1.55. The smallest absolute Gasteiger partial charge is 0.0776 e. The van der Waals surface area contributed by atoms with Crippen molar-refractivity contribution in [1.82, 2.24) is 0 Å². The van der Waals surface area contributed by atoms with Crippen LogP contribution in [0.5, 0.6) is 0 Å². The van der Waals surface area contributed by atoms with Crippen molar-refractivity contribution in [1.29, 1.82) is 0 Å². The molecule has 4 rings (SSSR count). The minimum absolute atomic E-state index is 0.0388. The van der Waals surface area contributed by atoms with E-state index in [-0.39, 0.29) is 21.7 Å². The molecule has 0 aliphatic carbocycles. The van der Waals surface area contributed by atoms with Gasteiger partial charge in [-0.05, 0) is 109 Å². The molecule has 3 heteroatoms. The fourth-order valence-corrected chi connectivity index (χ4v) is 10.0. The highest BCUT2D eigenvalue weighted by Gasteiger charge is 2.27. The van der Waals surface area contributed by atoms with Gasteiger partial charge in [-0.1, -0.05) is 188 Å². The Balaban J connectivity index is 2.08. The Labute approximate surface area is 328 Å². The molecule has 4 aromatic carbocycles. The summed E-state index contributed by atoms with van der Waals surface area (Å²) in [4.78, 5) is 0. The van der Waals surface area contributed by atoms with Crippen molar-refractivity contribution in [2.75, 3.05) is 5.32 Å². The monoisotopic (exact) mass is 746 g/mol.